The maximum Gasteiger partial charge on any atom is 0.251 e. The number of likely N-dealkylation sites (N-methyl/N-ethyl adjacent to an activating group) is 1. The fourth-order valence-electron chi connectivity index (χ4n) is 1.89. The van der Waals surface area contributed by atoms with Gasteiger partial charge in [-0.3, -0.25) is 4.79 Å². The molecule has 1 amide bonds. The van der Waals surface area contributed by atoms with Gasteiger partial charge in [-0.1, -0.05) is 0 Å². The van der Waals surface area contributed by atoms with Crippen LogP contribution in [0.15, 0.2) is 0 Å². The van der Waals surface area contributed by atoms with Gasteiger partial charge in [0.1, 0.15) is 6.10 Å². The molecule has 90 valence electrons. The maximum atomic E-state index is 12.1. The van der Waals surface area contributed by atoms with Crippen LogP contribution in [0.25, 0.3) is 0 Å². The summed E-state index contributed by atoms with van der Waals surface area (Å²) in [6.45, 7) is 5.60. The van der Waals surface area contributed by atoms with Crippen LogP contribution in [-0.4, -0.2) is 36.6 Å². The molecule has 0 bridgehead atoms. The molecule has 0 saturated carbocycles. The van der Waals surface area contributed by atoms with E-state index in [0.29, 0.717) is 19.7 Å². The normalized spacial score (nSPS) is 22.2. The lowest BCUT2D eigenvalue weighted by atomic mass is 10.1. The number of hydrogen-bond donors (Lipinski definition) is 0. The number of nitrogens with zero attached hydrogens (tertiary/aromatic N) is 2. The van der Waals surface area contributed by atoms with Gasteiger partial charge in [0, 0.05) is 19.7 Å². The highest BCUT2D eigenvalue weighted by molar-refractivity contribution is 5.81. The third-order valence-electron chi connectivity index (χ3n) is 2.86. The Morgan fingerprint density at radius 1 is 1.62 bits per heavy atom. The lowest BCUT2D eigenvalue weighted by molar-refractivity contribution is -0.146. The molecule has 4 nitrogen and oxygen atoms in total. The van der Waals surface area contributed by atoms with Crippen LogP contribution in [0.4, 0.5) is 0 Å². The summed E-state index contributed by atoms with van der Waals surface area (Å²) >= 11 is 0. The molecule has 1 fully saturated rings. The molecular weight excluding hydrogens is 204 g/mol. The Bertz CT molecular complexity index is 267. The van der Waals surface area contributed by atoms with Gasteiger partial charge in [0.05, 0.1) is 12.0 Å². The van der Waals surface area contributed by atoms with E-state index in [-0.39, 0.29) is 17.9 Å². The van der Waals surface area contributed by atoms with E-state index in [1.807, 2.05) is 13.8 Å². The van der Waals surface area contributed by atoms with Crippen LogP contribution >= 0.6 is 0 Å². The van der Waals surface area contributed by atoms with E-state index in [9.17, 15) is 4.79 Å². The molecule has 1 heterocycles. The van der Waals surface area contributed by atoms with Crippen LogP contribution in [0.1, 0.15) is 33.1 Å². The summed E-state index contributed by atoms with van der Waals surface area (Å²) in [5, 5.41) is 8.75. The quantitative estimate of drug-likeness (QED) is 0.728. The lowest BCUT2D eigenvalue weighted by Gasteiger charge is -2.29. The third-order valence-corrected chi connectivity index (χ3v) is 2.86. The zero-order chi connectivity index (χ0) is 12.0. The predicted octanol–water partition coefficient (Wildman–Crippen LogP) is 1.56. The van der Waals surface area contributed by atoms with Crippen molar-refractivity contribution in [3.63, 3.8) is 0 Å². The van der Waals surface area contributed by atoms with E-state index in [0.717, 1.165) is 19.3 Å². The maximum absolute atomic E-state index is 12.1. The Morgan fingerprint density at radius 3 is 2.88 bits per heavy atom. The highest BCUT2D eigenvalue weighted by Gasteiger charge is 2.26. The molecule has 2 atom stereocenters. The Balaban J connectivity index is 2.51. The molecule has 0 aliphatic carbocycles. The van der Waals surface area contributed by atoms with Crippen LogP contribution < -0.4 is 0 Å². The molecule has 0 aromatic rings. The van der Waals surface area contributed by atoms with Crippen LogP contribution in [0.5, 0.6) is 0 Å². The number of amides is 1. The topological polar surface area (TPSA) is 53.3 Å². The minimum Gasteiger partial charge on any atom is -0.368 e. The zero-order valence-electron chi connectivity index (χ0n) is 10.1. The van der Waals surface area contributed by atoms with Crippen molar-refractivity contribution in [2.45, 2.75) is 39.2 Å². The molecule has 4 heteroatoms. The van der Waals surface area contributed by atoms with Crippen molar-refractivity contribution in [1.29, 1.82) is 5.26 Å². The van der Waals surface area contributed by atoms with Crippen molar-refractivity contribution in [2.24, 2.45) is 5.92 Å². The average molecular weight is 224 g/mol. The summed E-state index contributed by atoms with van der Waals surface area (Å²) < 4.78 is 5.46. The second-order valence-corrected chi connectivity index (χ2v) is 4.26. The van der Waals surface area contributed by atoms with Gasteiger partial charge in [-0.05, 0) is 33.1 Å². The van der Waals surface area contributed by atoms with Crippen LogP contribution in [0.2, 0.25) is 0 Å². The Kier molecular flexibility index (Phi) is 5.27. The summed E-state index contributed by atoms with van der Waals surface area (Å²) in [5.41, 5.74) is 0. The van der Waals surface area contributed by atoms with E-state index in [4.69, 9.17) is 10.00 Å². The summed E-state index contributed by atoms with van der Waals surface area (Å²) in [5.74, 6) is -0.0724. The van der Waals surface area contributed by atoms with E-state index in [1.165, 1.54) is 0 Å². The Hall–Kier alpha value is -1.08. The number of carbonyl (C=O) groups excluding carboxylic acids is 1. The zero-order valence-corrected chi connectivity index (χ0v) is 10.1. The molecule has 0 radical (unpaired) electrons. The van der Waals surface area contributed by atoms with Crippen molar-refractivity contribution >= 4 is 5.91 Å². The highest BCUT2D eigenvalue weighted by Crippen LogP contribution is 2.15. The molecule has 1 rings (SSSR count). The second-order valence-electron chi connectivity index (χ2n) is 4.26. The highest BCUT2D eigenvalue weighted by atomic mass is 16.5. The molecule has 2 unspecified atom stereocenters. The van der Waals surface area contributed by atoms with Gasteiger partial charge in [0.25, 0.3) is 5.91 Å². The summed E-state index contributed by atoms with van der Waals surface area (Å²) in [4.78, 5) is 13.8. The van der Waals surface area contributed by atoms with Gasteiger partial charge in [-0.2, -0.15) is 5.26 Å². The molecule has 16 heavy (non-hydrogen) atoms. The molecule has 1 aliphatic heterocycles. The van der Waals surface area contributed by atoms with Crippen molar-refractivity contribution in [3.05, 3.63) is 0 Å². The minimum absolute atomic E-state index is 0.0456. The molecule has 0 aromatic heterocycles. The van der Waals surface area contributed by atoms with Crippen molar-refractivity contribution < 1.29 is 9.53 Å². The third kappa shape index (κ3) is 3.49. The lowest BCUT2D eigenvalue weighted by Crippen LogP contribution is -2.43. The second kappa shape index (κ2) is 6.49. The first-order valence-corrected chi connectivity index (χ1v) is 5.99. The molecule has 0 N–H and O–H groups in total. The van der Waals surface area contributed by atoms with Gasteiger partial charge in [-0.15, -0.1) is 0 Å². The van der Waals surface area contributed by atoms with Gasteiger partial charge >= 0.3 is 0 Å². The van der Waals surface area contributed by atoms with Crippen LogP contribution in [0.3, 0.4) is 0 Å². The summed E-state index contributed by atoms with van der Waals surface area (Å²) in [6, 6.07) is 2.15. The van der Waals surface area contributed by atoms with Crippen molar-refractivity contribution in [1.82, 2.24) is 4.90 Å². The predicted molar refractivity (Wildman–Crippen MR) is 60.6 cm³/mol. The van der Waals surface area contributed by atoms with Gasteiger partial charge in [0.15, 0.2) is 0 Å². The summed E-state index contributed by atoms with van der Waals surface area (Å²) in [6.07, 6.45) is 2.64. The number of nitriles is 1. The van der Waals surface area contributed by atoms with Gasteiger partial charge in [0.2, 0.25) is 0 Å². The van der Waals surface area contributed by atoms with E-state index < -0.39 is 0 Å². The van der Waals surface area contributed by atoms with Gasteiger partial charge in [-0.25, -0.2) is 0 Å². The fourth-order valence-corrected chi connectivity index (χ4v) is 1.89. The van der Waals surface area contributed by atoms with E-state index in [1.54, 1.807) is 4.90 Å². The molecule has 0 aromatic carbocycles. The monoisotopic (exact) mass is 224 g/mol. The van der Waals surface area contributed by atoms with Crippen LogP contribution in [0, 0.1) is 17.2 Å². The van der Waals surface area contributed by atoms with Crippen molar-refractivity contribution in [3.8, 4) is 6.07 Å². The van der Waals surface area contributed by atoms with E-state index in [2.05, 4.69) is 6.07 Å². The Morgan fingerprint density at radius 2 is 2.38 bits per heavy atom. The van der Waals surface area contributed by atoms with E-state index >= 15 is 0 Å². The fraction of sp³-hybridized carbons (Fsp3) is 0.833. The largest absolute Gasteiger partial charge is 0.368 e. The van der Waals surface area contributed by atoms with Crippen molar-refractivity contribution in [2.75, 3.05) is 19.7 Å². The smallest absolute Gasteiger partial charge is 0.251 e. The number of hydrogen-bond acceptors (Lipinski definition) is 3. The van der Waals surface area contributed by atoms with Crippen LogP contribution in [-0.2, 0) is 9.53 Å². The van der Waals surface area contributed by atoms with Gasteiger partial charge < -0.3 is 9.64 Å². The SMILES string of the molecule is CCN(CC(C)C#N)C(=O)C1CCCCO1. The summed E-state index contributed by atoms with van der Waals surface area (Å²) in [7, 11) is 0. The number of carbonyl (C=O) groups is 1. The average Bonchev–Trinajstić information content (AvgIpc) is 2.35. The molecule has 1 saturated heterocycles. The number of rotatable bonds is 4. The first kappa shape index (κ1) is 13.0. The number of ether oxygens (including phenoxy) is 1. The molecular formula is C12H20N2O2. The first-order valence-electron chi connectivity index (χ1n) is 5.99. The molecule has 1 aliphatic rings. The molecule has 0 spiro atoms. The standard InChI is InChI=1S/C12H20N2O2/c1-3-14(9-10(2)8-13)12(15)11-6-4-5-7-16-11/h10-11H,3-7,9H2,1-2H3. The first-order chi connectivity index (χ1) is 7.69. The Labute approximate surface area is 97.2 Å². The minimum atomic E-state index is -0.278.